The molecule has 1 saturated carbocycles. The number of nitrogens with zero attached hydrogens (tertiary/aromatic N) is 4. The van der Waals surface area contributed by atoms with E-state index in [-0.39, 0.29) is 30.7 Å². The van der Waals surface area contributed by atoms with Crippen molar-refractivity contribution in [3.05, 3.63) is 71.3 Å². The van der Waals surface area contributed by atoms with Gasteiger partial charge in [-0.1, -0.05) is 32.3 Å². The lowest BCUT2D eigenvalue weighted by atomic mass is 9.81. The second kappa shape index (κ2) is 15.8. The van der Waals surface area contributed by atoms with Crippen LogP contribution in [0.1, 0.15) is 79.3 Å². The molecule has 0 spiro atoms. The minimum absolute atomic E-state index is 0. The van der Waals surface area contributed by atoms with Crippen LogP contribution >= 0.6 is 24.8 Å². The van der Waals surface area contributed by atoms with Crippen molar-refractivity contribution in [2.75, 3.05) is 55.7 Å². The Morgan fingerprint density at radius 3 is 2.43 bits per heavy atom. The van der Waals surface area contributed by atoms with Gasteiger partial charge in [0.2, 0.25) is 5.91 Å². The number of anilines is 2. The predicted molar refractivity (Wildman–Crippen MR) is 207 cm³/mol. The topological polar surface area (TPSA) is 87.5 Å². The third kappa shape index (κ3) is 7.13. The van der Waals surface area contributed by atoms with Gasteiger partial charge >= 0.3 is 5.97 Å². The standard InChI is InChI=1S/C40H46N4O5.2ClH/c1-2-41-17-19-42(20-18-41)34-15-11-30(43-16-6-9-37(43)45)23-29(34)26-49-31-12-14-33-36(25-31)48-22-21-44-35-24-28(40(46)47)10-13-32(35)38(39(33)44)27-7-4-3-5-8-27;;/h10-15,23-25,27H,2-9,16-22,26H2,1H3,(H,46,47);2*1H. The summed E-state index contributed by atoms with van der Waals surface area (Å²) >= 11 is 0. The van der Waals surface area contributed by atoms with Crippen LogP contribution in [0.4, 0.5) is 11.4 Å². The molecule has 2 saturated heterocycles. The summed E-state index contributed by atoms with van der Waals surface area (Å²) in [4.78, 5) is 31.4. The number of carboxylic acids is 1. The van der Waals surface area contributed by atoms with E-state index in [2.05, 4.69) is 45.6 Å². The minimum Gasteiger partial charge on any atom is -0.491 e. The number of hydrogen-bond donors (Lipinski definition) is 1. The molecule has 3 aromatic carbocycles. The number of carbonyl (C=O) groups excluding carboxylic acids is 1. The van der Waals surface area contributed by atoms with E-state index >= 15 is 0 Å². The first-order valence-corrected chi connectivity index (χ1v) is 18.2. The molecule has 8 rings (SSSR count). The molecule has 1 aromatic heterocycles. The first-order valence-electron chi connectivity index (χ1n) is 18.2. The van der Waals surface area contributed by atoms with Gasteiger partial charge in [-0.3, -0.25) is 4.79 Å². The molecule has 4 heterocycles. The van der Waals surface area contributed by atoms with Crippen LogP contribution in [0.15, 0.2) is 54.6 Å². The SMILES string of the molecule is CCN1CCN(c2ccc(N3CCCC3=O)cc2COc2ccc3c(c2)OCCn2c-3c(C3CCCCC3)c3ccc(C(=O)O)cc32)CC1.Cl.Cl. The second-order valence-electron chi connectivity index (χ2n) is 14.0. The molecule has 1 aliphatic carbocycles. The van der Waals surface area contributed by atoms with E-state index in [0.29, 0.717) is 37.7 Å². The van der Waals surface area contributed by atoms with Gasteiger partial charge in [-0.2, -0.15) is 0 Å². The summed E-state index contributed by atoms with van der Waals surface area (Å²) in [6, 6.07) is 18.2. The molecule has 4 aromatic rings. The van der Waals surface area contributed by atoms with Gasteiger partial charge < -0.3 is 33.8 Å². The van der Waals surface area contributed by atoms with Crippen LogP contribution in [0.25, 0.3) is 22.2 Å². The number of carbonyl (C=O) groups is 2. The van der Waals surface area contributed by atoms with E-state index in [9.17, 15) is 14.7 Å². The highest BCUT2D eigenvalue weighted by atomic mass is 35.5. The fourth-order valence-corrected chi connectivity index (χ4v) is 8.54. The largest absolute Gasteiger partial charge is 0.491 e. The van der Waals surface area contributed by atoms with E-state index in [0.717, 1.165) is 103 Å². The van der Waals surface area contributed by atoms with Crippen molar-refractivity contribution in [2.45, 2.75) is 70.9 Å². The van der Waals surface area contributed by atoms with Gasteiger partial charge in [0.15, 0.2) is 0 Å². The van der Waals surface area contributed by atoms with Crippen molar-refractivity contribution in [3.8, 4) is 22.8 Å². The highest BCUT2D eigenvalue weighted by Gasteiger charge is 2.30. The third-order valence-electron chi connectivity index (χ3n) is 11.1. The lowest BCUT2D eigenvalue weighted by Crippen LogP contribution is -2.46. The van der Waals surface area contributed by atoms with Gasteiger partial charge in [0.1, 0.15) is 24.7 Å². The Bertz CT molecular complexity index is 1900. The molecule has 1 amide bonds. The zero-order valence-corrected chi connectivity index (χ0v) is 30.9. The van der Waals surface area contributed by atoms with Crippen LogP contribution < -0.4 is 19.3 Å². The highest BCUT2D eigenvalue weighted by Crippen LogP contribution is 2.48. The maximum Gasteiger partial charge on any atom is 0.335 e. The molecule has 1 N–H and O–H groups in total. The molecule has 3 fully saturated rings. The maximum atomic E-state index is 12.6. The Balaban J connectivity index is 0.00000224. The summed E-state index contributed by atoms with van der Waals surface area (Å²) in [7, 11) is 0. The first-order chi connectivity index (χ1) is 24.0. The molecule has 4 aliphatic rings. The number of hydrogen-bond acceptors (Lipinski definition) is 6. The summed E-state index contributed by atoms with van der Waals surface area (Å²) in [5, 5.41) is 11.0. The quantitative estimate of drug-likeness (QED) is 0.196. The number of benzene rings is 3. The molecule has 11 heteroatoms. The summed E-state index contributed by atoms with van der Waals surface area (Å²) in [5.41, 5.74) is 7.97. The Morgan fingerprint density at radius 2 is 1.71 bits per heavy atom. The molecule has 0 atom stereocenters. The Labute approximate surface area is 312 Å². The average molecular weight is 736 g/mol. The van der Waals surface area contributed by atoms with E-state index in [1.54, 1.807) is 6.07 Å². The number of halogens is 2. The van der Waals surface area contributed by atoms with Gasteiger partial charge in [0.25, 0.3) is 0 Å². The number of amides is 1. The van der Waals surface area contributed by atoms with Crippen LogP contribution in [-0.4, -0.2) is 72.3 Å². The van der Waals surface area contributed by atoms with Crippen LogP contribution in [-0.2, 0) is 17.9 Å². The number of ether oxygens (including phenoxy) is 2. The summed E-state index contributed by atoms with van der Waals surface area (Å²) in [5.74, 6) is 1.23. The molecule has 0 radical (unpaired) electrons. The summed E-state index contributed by atoms with van der Waals surface area (Å²) in [6.07, 6.45) is 7.46. The van der Waals surface area contributed by atoms with Crippen molar-refractivity contribution in [3.63, 3.8) is 0 Å². The fourth-order valence-electron chi connectivity index (χ4n) is 8.54. The van der Waals surface area contributed by atoms with E-state index < -0.39 is 5.97 Å². The maximum absolute atomic E-state index is 12.6. The number of rotatable bonds is 8. The number of piperazine rings is 1. The predicted octanol–water partition coefficient (Wildman–Crippen LogP) is 8.14. The number of likely N-dealkylation sites (N-methyl/N-ethyl adjacent to an activating group) is 1. The minimum atomic E-state index is -0.910. The van der Waals surface area contributed by atoms with Crippen LogP contribution in [0.5, 0.6) is 11.5 Å². The zero-order valence-electron chi connectivity index (χ0n) is 29.3. The Morgan fingerprint density at radius 1 is 0.902 bits per heavy atom. The van der Waals surface area contributed by atoms with Crippen molar-refractivity contribution < 1.29 is 24.2 Å². The number of carboxylic acid groups (broad SMARTS) is 1. The summed E-state index contributed by atoms with van der Waals surface area (Å²) < 4.78 is 15.3. The number of fused-ring (bicyclic) bond motifs is 5. The molecule has 272 valence electrons. The number of aromatic nitrogens is 1. The van der Waals surface area contributed by atoms with Crippen LogP contribution in [0.3, 0.4) is 0 Å². The average Bonchev–Trinajstić information content (AvgIpc) is 3.65. The van der Waals surface area contributed by atoms with Crippen LogP contribution in [0.2, 0.25) is 0 Å². The number of aromatic carboxylic acids is 1. The molecule has 0 bridgehead atoms. The molecule has 3 aliphatic heterocycles. The van der Waals surface area contributed by atoms with Gasteiger partial charge in [0.05, 0.1) is 17.8 Å². The second-order valence-corrected chi connectivity index (χ2v) is 14.0. The Hall–Kier alpha value is -3.92. The van der Waals surface area contributed by atoms with Crippen molar-refractivity contribution in [1.29, 1.82) is 0 Å². The Kier molecular flexibility index (Phi) is 11.4. The highest BCUT2D eigenvalue weighted by molar-refractivity contribution is 5.99. The van der Waals surface area contributed by atoms with Gasteiger partial charge in [0, 0.05) is 78.6 Å². The molecule has 0 unspecified atom stereocenters. The summed E-state index contributed by atoms with van der Waals surface area (Å²) in [6.45, 7) is 9.51. The fraction of sp³-hybridized carbons (Fsp3) is 0.450. The monoisotopic (exact) mass is 734 g/mol. The van der Waals surface area contributed by atoms with Crippen LogP contribution in [0, 0.1) is 0 Å². The molecule has 51 heavy (non-hydrogen) atoms. The van der Waals surface area contributed by atoms with E-state index in [1.165, 1.54) is 30.5 Å². The third-order valence-corrected chi connectivity index (χ3v) is 11.1. The van der Waals surface area contributed by atoms with Crippen molar-refractivity contribution in [1.82, 2.24) is 9.47 Å². The zero-order chi connectivity index (χ0) is 33.5. The van der Waals surface area contributed by atoms with E-state index in [4.69, 9.17) is 9.47 Å². The normalized spacial score (nSPS) is 17.9. The lowest BCUT2D eigenvalue weighted by molar-refractivity contribution is -0.117. The van der Waals surface area contributed by atoms with E-state index in [1.807, 2.05) is 29.2 Å². The smallest absolute Gasteiger partial charge is 0.335 e. The van der Waals surface area contributed by atoms with Gasteiger partial charge in [-0.15, -0.1) is 24.8 Å². The molecule has 9 nitrogen and oxygen atoms in total. The molecular formula is C40H48Cl2N4O5. The first kappa shape index (κ1) is 36.9. The van der Waals surface area contributed by atoms with Crippen molar-refractivity contribution >= 4 is 59.0 Å². The van der Waals surface area contributed by atoms with Gasteiger partial charge in [-0.25, -0.2) is 4.79 Å². The lowest BCUT2D eigenvalue weighted by Gasteiger charge is -2.36. The van der Waals surface area contributed by atoms with Gasteiger partial charge in [-0.05, 0) is 79.8 Å². The molecular weight excluding hydrogens is 687 g/mol. The van der Waals surface area contributed by atoms with Crippen molar-refractivity contribution in [2.24, 2.45) is 0 Å².